The summed E-state index contributed by atoms with van der Waals surface area (Å²) >= 11 is 1.57. The third kappa shape index (κ3) is 5.84. The molecule has 2 aromatic carbocycles. The van der Waals surface area contributed by atoms with Gasteiger partial charge in [0, 0.05) is 36.7 Å². The molecule has 0 bridgehead atoms. The first-order valence-corrected chi connectivity index (χ1v) is 12.3. The van der Waals surface area contributed by atoms with Crippen LogP contribution in [-0.2, 0) is 20.6 Å². The number of nitrogens with zero attached hydrogens (tertiary/aromatic N) is 1. The van der Waals surface area contributed by atoms with Gasteiger partial charge in [-0.25, -0.2) is 13.2 Å². The molecule has 9 heteroatoms. The molecule has 1 fully saturated rings. The molecule has 0 saturated carbocycles. The van der Waals surface area contributed by atoms with Crippen molar-refractivity contribution >= 4 is 39.3 Å². The Bertz CT molecular complexity index is 1000. The first kappa shape index (κ1) is 22.3. The Labute approximate surface area is 180 Å². The molecule has 1 aliphatic heterocycles. The fourth-order valence-electron chi connectivity index (χ4n) is 3.13. The summed E-state index contributed by atoms with van der Waals surface area (Å²) in [6.07, 6.45) is 2.04. The largest absolute Gasteiger partial charge is 0.478 e. The average Bonchev–Trinajstić information content (AvgIpc) is 3.27. The zero-order valence-corrected chi connectivity index (χ0v) is 18.0. The fraction of sp³-hybridized carbons (Fsp3) is 0.333. The molecule has 1 saturated heterocycles. The van der Waals surface area contributed by atoms with Gasteiger partial charge in [0.2, 0.25) is 15.9 Å². The number of rotatable bonds is 9. The van der Waals surface area contributed by atoms with E-state index in [4.69, 9.17) is 5.11 Å². The Kier molecular flexibility index (Phi) is 7.52. The molecule has 30 heavy (non-hydrogen) atoms. The summed E-state index contributed by atoms with van der Waals surface area (Å²) in [6, 6.07) is 13.0. The fourth-order valence-corrected chi connectivity index (χ4v) is 5.60. The van der Waals surface area contributed by atoms with Gasteiger partial charge < -0.3 is 10.4 Å². The van der Waals surface area contributed by atoms with Gasteiger partial charge in [-0.3, -0.25) is 4.79 Å². The van der Waals surface area contributed by atoms with Crippen molar-refractivity contribution in [1.29, 1.82) is 0 Å². The first-order chi connectivity index (χ1) is 14.4. The Balaban J connectivity index is 1.47. The highest BCUT2D eigenvalue weighted by atomic mass is 32.2. The van der Waals surface area contributed by atoms with Crippen LogP contribution in [0.5, 0.6) is 0 Å². The van der Waals surface area contributed by atoms with Crippen LogP contribution in [0.2, 0.25) is 0 Å². The molecule has 0 spiro atoms. The van der Waals surface area contributed by atoms with Gasteiger partial charge in [-0.05, 0) is 48.7 Å². The predicted octanol–water partition coefficient (Wildman–Crippen LogP) is 3.43. The summed E-state index contributed by atoms with van der Waals surface area (Å²) in [7, 11) is -3.52. The van der Waals surface area contributed by atoms with Crippen LogP contribution in [0, 0.1) is 0 Å². The standard InChI is InChI=1S/C21H24N2O5S2/c24-20(10-13-29-15-16-6-8-17(9-7-16)21(25)26)22-18-4-3-5-19(14-18)30(27,28)23-11-1-2-12-23/h3-9,14H,1-2,10-13,15H2,(H,22,24)(H,25,26). The predicted molar refractivity (Wildman–Crippen MR) is 117 cm³/mol. The molecule has 1 heterocycles. The van der Waals surface area contributed by atoms with E-state index in [2.05, 4.69) is 5.32 Å². The van der Waals surface area contributed by atoms with Crippen molar-refractivity contribution in [3.63, 3.8) is 0 Å². The molecule has 2 aromatic rings. The normalized spacial score (nSPS) is 14.5. The van der Waals surface area contributed by atoms with Crippen LogP contribution in [0.3, 0.4) is 0 Å². The van der Waals surface area contributed by atoms with E-state index in [0.717, 1.165) is 18.4 Å². The first-order valence-electron chi connectivity index (χ1n) is 9.66. The van der Waals surface area contributed by atoms with Crippen LogP contribution in [0.15, 0.2) is 53.4 Å². The molecular formula is C21H24N2O5S2. The topological polar surface area (TPSA) is 104 Å². The number of carboxylic acids is 1. The summed E-state index contributed by atoms with van der Waals surface area (Å²) in [6.45, 7) is 1.07. The Morgan fingerprint density at radius 1 is 1.07 bits per heavy atom. The number of carboxylic acid groups (broad SMARTS) is 1. The highest BCUT2D eigenvalue weighted by Gasteiger charge is 2.27. The lowest BCUT2D eigenvalue weighted by Crippen LogP contribution is -2.27. The maximum absolute atomic E-state index is 12.7. The third-order valence-electron chi connectivity index (χ3n) is 4.76. The number of anilines is 1. The molecule has 7 nitrogen and oxygen atoms in total. The molecule has 1 aliphatic rings. The summed E-state index contributed by atoms with van der Waals surface area (Å²) in [4.78, 5) is 23.3. The molecule has 0 aromatic heterocycles. The lowest BCUT2D eigenvalue weighted by atomic mass is 10.1. The van der Waals surface area contributed by atoms with Crippen LogP contribution in [0.1, 0.15) is 35.2 Å². The summed E-state index contributed by atoms with van der Waals surface area (Å²) in [5, 5.41) is 11.7. The van der Waals surface area contributed by atoms with E-state index in [0.29, 0.717) is 36.7 Å². The number of sulfonamides is 1. The van der Waals surface area contributed by atoms with Crippen molar-refractivity contribution in [2.45, 2.75) is 29.9 Å². The monoisotopic (exact) mass is 448 g/mol. The molecule has 0 aliphatic carbocycles. The number of aromatic carboxylic acids is 1. The van der Waals surface area contributed by atoms with Crippen molar-refractivity contribution in [2.75, 3.05) is 24.2 Å². The molecule has 0 atom stereocenters. The number of hydrogen-bond donors (Lipinski definition) is 2. The number of carbonyl (C=O) groups is 2. The van der Waals surface area contributed by atoms with E-state index in [1.165, 1.54) is 10.4 Å². The maximum Gasteiger partial charge on any atom is 0.335 e. The van der Waals surface area contributed by atoms with Crippen molar-refractivity contribution in [3.8, 4) is 0 Å². The Morgan fingerprint density at radius 2 is 1.77 bits per heavy atom. The van der Waals surface area contributed by atoms with Crippen LogP contribution in [0.25, 0.3) is 0 Å². The zero-order chi connectivity index (χ0) is 21.6. The molecule has 160 valence electrons. The third-order valence-corrected chi connectivity index (χ3v) is 7.69. The van der Waals surface area contributed by atoms with Crippen LogP contribution >= 0.6 is 11.8 Å². The molecule has 3 rings (SSSR count). The van der Waals surface area contributed by atoms with E-state index in [1.807, 2.05) is 0 Å². The van der Waals surface area contributed by atoms with E-state index in [9.17, 15) is 18.0 Å². The second-order valence-corrected chi connectivity index (χ2v) is 10.0. The highest BCUT2D eigenvalue weighted by molar-refractivity contribution is 7.98. The number of amides is 1. The maximum atomic E-state index is 12.7. The lowest BCUT2D eigenvalue weighted by Gasteiger charge is -2.16. The number of nitrogens with one attached hydrogen (secondary N) is 1. The van der Waals surface area contributed by atoms with E-state index >= 15 is 0 Å². The van der Waals surface area contributed by atoms with Gasteiger partial charge in [-0.2, -0.15) is 16.1 Å². The lowest BCUT2D eigenvalue weighted by molar-refractivity contribution is -0.115. The molecule has 1 amide bonds. The van der Waals surface area contributed by atoms with Gasteiger partial charge in [0.15, 0.2) is 0 Å². The minimum atomic E-state index is -3.52. The van der Waals surface area contributed by atoms with Gasteiger partial charge in [0.05, 0.1) is 10.5 Å². The van der Waals surface area contributed by atoms with Crippen LogP contribution < -0.4 is 5.32 Å². The quantitative estimate of drug-likeness (QED) is 0.570. The second-order valence-electron chi connectivity index (χ2n) is 6.99. The van der Waals surface area contributed by atoms with Crippen molar-refractivity contribution in [1.82, 2.24) is 4.31 Å². The minimum Gasteiger partial charge on any atom is -0.478 e. The molecule has 0 unspecified atom stereocenters. The second kappa shape index (κ2) is 10.1. The van der Waals surface area contributed by atoms with Gasteiger partial charge in [-0.15, -0.1) is 0 Å². The zero-order valence-electron chi connectivity index (χ0n) is 16.4. The van der Waals surface area contributed by atoms with Crippen molar-refractivity contribution in [2.24, 2.45) is 0 Å². The number of carbonyl (C=O) groups excluding carboxylic acids is 1. The number of benzene rings is 2. The van der Waals surface area contributed by atoms with Crippen molar-refractivity contribution < 1.29 is 23.1 Å². The van der Waals surface area contributed by atoms with Crippen LogP contribution in [0.4, 0.5) is 5.69 Å². The van der Waals surface area contributed by atoms with Crippen LogP contribution in [-0.4, -0.2) is 48.5 Å². The SMILES string of the molecule is O=C(CCSCc1ccc(C(=O)O)cc1)Nc1cccc(S(=O)(=O)N2CCCC2)c1. The summed E-state index contributed by atoms with van der Waals surface area (Å²) < 4.78 is 26.8. The van der Waals surface area contributed by atoms with E-state index < -0.39 is 16.0 Å². The highest BCUT2D eigenvalue weighted by Crippen LogP contribution is 2.23. The molecule has 0 radical (unpaired) electrons. The number of hydrogen-bond acceptors (Lipinski definition) is 5. The van der Waals surface area contributed by atoms with Gasteiger partial charge >= 0.3 is 5.97 Å². The smallest absolute Gasteiger partial charge is 0.335 e. The van der Waals surface area contributed by atoms with Gasteiger partial charge in [0.1, 0.15) is 0 Å². The van der Waals surface area contributed by atoms with E-state index in [1.54, 1.807) is 54.2 Å². The Hall–Kier alpha value is -2.36. The van der Waals surface area contributed by atoms with E-state index in [-0.39, 0.29) is 16.4 Å². The molecular weight excluding hydrogens is 424 g/mol. The number of thioether (sulfide) groups is 1. The van der Waals surface area contributed by atoms with Gasteiger partial charge in [0.25, 0.3) is 0 Å². The average molecular weight is 449 g/mol. The molecule has 2 N–H and O–H groups in total. The Morgan fingerprint density at radius 3 is 2.43 bits per heavy atom. The van der Waals surface area contributed by atoms with Crippen molar-refractivity contribution in [3.05, 3.63) is 59.7 Å². The summed E-state index contributed by atoms with van der Waals surface area (Å²) in [5.74, 6) is 0.136. The minimum absolute atomic E-state index is 0.181. The summed E-state index contributed by atoms with van der Waals surface area (Å²) in [5.41, 5.74) is 1.71. The van der Waals surface area contributed by atoms with Gasteiger partial charge in [-0.1, -0.05) is 18.2 Å².